The van der Waals surface area contributed by atoms with Crippen LogP contribution in [0.3, 0.4) is 0 Å². The average molecular weight is 324 g/mol. The molecule has 0 aromatic heterocycles. The molecule has 0 aliphatic carbocycles. The van der Waals surface area contributed by atoms with Crippen LogP contribution in [0.4, 0.5) is 11.4 Å². The van der Waals surface area contributed by atoms with E-state index in [0.29, 0.717) is 23.4 Å². The third kappa shape index (κ3) is 3.25. The molecule has 0 unspecified atom stereocenters. The Hall–Kier alpha value is -2.82. The molecule has 1 fully saturated rings. The summed E-state index contributed by atoms with van der Waals surface area (Å²) in [5, 5.41) is 2.88. The van der Waals surface area contributed by atoms with Crippen molar-refractivity contribution < 1.29 is 14.3 Å². The van der Waals surface area contributed by atoms with Crippen molar-refractivity contribution in [2.45, 2.75) is 19.8 Å². The van der Waals surface area contributed by atoms with E-state index in [-0.39, 0.29) is 11.8 Å². The zero-order chi connectivity index (χ0) is 17.1. The molecular formula is C19H20N2O3. The maximum absolute atomic E-state index is 12.4. The van der Waals surface area contributed by atoms with Crippen molar-refractivity contribution in [3.8, 4) is 5.75 Å². The summed E-state index contributed by atoms with van der Waals surface area (Å²) in [5.74, 6) is 0.603. The third-order valence-electron chi connectivity index (χ3n) is 4.15. The lowest BCUT2D eigenvalue weighted by Gasteiger charge is -2.19. The van der Waals surface area contributed by atoms with Gasteiger partial charge < -0.3 is 15.0 Å². The van der Waals surface area contributed by atoms with Gasteiger partial charge in [-0.3, -0.25) is 9.59 Å². The number of rotatable bonds is 4. The van der Waals surface area contributed by atoms with Gasteiger partial charge in [0.2, 0.25) is 5.91 Å². The van der Waals surface area contributed by atoms with Crippen LogP contribution < -0.4 is 15.0 Å². The zero-order valence-electron chi connectivity index (χ0n) is 13.8. The Morgan fingerprint density at radius 1 is 1.21 bits per heavy atom. The highest BCUT2D eigenvalue weighted by molar-refractivity contribution is 6.05. The van der Waals surface area contributed by atoms with E-state index in [1.807, 2.05) is 30.0 Å². The third-order valence-corrected chi connectivity index (χ3v) is 4.15. The van der Waals surface area contributed by atoms with E-state index >= 15 is 0 Å². The molecule has 3 rings (SSSR count). The predicted molar refractivity (Wildman–Crippen MR) is 93.7 cm³/mol. The first kappa shape index (κ1) is 16.1. The molecule has 0 bridgehead atoms. The summed E-state index contributed by atoms with van der Waals surface area (Å²) in [5.41, 5.74) is 3.12. The number of nitrogens with one attached hydrogen (secondary N) is 1. The average Bonchev–Trinajstić information content (AvgIpc) is 3.01. The van der Waals surface area contributed by atoms with Crippen LogP contribution in [-0.4, -0.2) is 25.5 Å². The molecular weight excluding hydrogens is 304 g/mol. The van der Waals surface area contributed by atoms with Gasteiger partial charge in [0.25, 0.3) is 5.91 Å². The van der Waals surface area contributed by atoms with Gasteiger partial charge in [-0.25, -0.2) is 0 Å². The number of amides is 2. The highest BCUT2D eigenvalue weighted by Crippen LogP contribution is 2.27. The number of ether oxygens (including phenoxy) is 1. The van der Waals surface area contributed by atoms with Gasteiger partial charge in [-0.05, 0) is 55.3 Å². The number of hydrogen-bond acceptors (Lipinski definition) is 3. The molecule has 0 saturated carbocycles. The van der Waals surface area contributed by atoms with Crippen molar-refractivity contribution in [2.75, 3.05) is 23.9 Å². The summed E-state index contributed by atoms with van der Waals surface area (Å²) >= 11 is 0. The Labute approximate surface area is 141 Å². The Morgan fingerprint density at radius 2 is 2.04 bits per heavy atom. The van der Waals surface area contributed by atoms with Crippen molar-refractivity contribution in [1.82, 2.24) is 0 Å². The first-order valence-corrected chi connectivity index (χ1v) is 7.95. The molecule has 2 aromatic carbocycles. The van der Waals surface area contributed by atoms with Crippen molar-refractivity contribution in [2.24, 2.45) is 0 Å². The fraction of sp³-hybridized carbons (Fsp3) is 0.263. The highest BCUT2D eigenvalue weighted by Gasteiger charge is 2.23. The molecule has 24 heavy (non-hydrogen) atoms. The fourth-order valence-corrected chi connectivity index (χ4v) is 2.91. The number of hydrogen-bond donors (Lipinski definition) is 1. The number of methoxy groups -OCH3 is 1. The standard InChI is InChI=1S/C19H20N2O3/c1-13-11-15(8-9-17(13)21-10-4-7-18(21)22)20-19(23)14-5-3-6-16(12-14)24-2/h3,5-6,8-9,11-12H,4,7,10H2,1-2H3,(H,20,23). The van der Waals surface area contributed by atoms with Crippen LogP contribution in [0.2, 0.25) is 0 Å². The number of aryl methyl sites for hydroxylation is 1. The lowest BCUT2D eigenvalue weighted by atomic mass is 10.1. The van der Waals surface area contributed by atoms with Gasteiger partial charge in [0.15, 0.2) is 0 Å². The molecule has 0 atom stereocenters. The van der Waals surface area contributed by atoms with Gasteiger partial charge in [0.05, 0.1) is 7.11 Å². The van der Waals surface area contributed by atoms with Crippen molar-refractivity contribution >= 4 is 23.2 Å². The minimum atomic E-state index is -0.196. The Kier molecular flexibility index (Phi) is 4.51. The fourth-order valence-electron chi connectivity index (χ4n) is 2.91. The second-order valence-electron chi connectivity index (χ2n) is 5.84. The molecule has 1 aliphatic heterocycles. The maximum Gasteiger partial charge on any atom is 0.255 e. The van der Waals surface area contributed by atoms with E-state index in [1.54, 1.807) is 31.4 Å². The topological polar surface area (TPSA) is 58.6 Å². The van der Waals surface area contributed by atoms with Crippen LogP contribution in [0.5, 0.6) is 5.75 Å². The van der Waals surface area contributed by atoms with Crippen molar-refractivity contribution in [1.29, 1.82) is 0 Å². The summed E-state index contributed by atoms with van der Waals surface area (Å²) < 4.78 is 5.14. The molecule has 0 radical (unpaired) electrons. The van der Waals surface area contributed by atoms with Crippen LogP contribution in [0, 0.1) is 6.92 Å². The minimum absolute atomic E-state index is 0.159. The van der Waals surface area contributed by atoms with Gasteiger partial charge in [-0.15, -0.1) is 0 Å². The quantitative estimate of drug-likeness (QED) is 0.938. The van der Waals surface area contributed by atoms with Gasteiger partial charge >= 0.3 is 0 Å². The second-order valence-corrected chi connectivity index (χ2v) is 5.84. The monoisotopic (exact) mass is 324 g/mol. The molecule has 1 aliphatic rings. The molecule has 124 valence electrons. The van der Waals surface area contributed by atoms with Crippen molar-refractivity contribution in [3.05, 3.63) is 53.6 Å². The SMILES string of the molecule is COc1cccc(C(=O)Nc2ccc(N3CCCC3=O)c(C)c2)c1. The van der Waals surface area contributed by atoms with Gasteiger partial charge in [-0.1, -0.05) is 6.07 Å². The lowest BCUT2D eigenvalue weighted by molar-refractivity contribution is -0.117. The van der Waals surface area contributed by atoms with Gasteiger partial charge in [0.1, 0.15) is 5.75 Å². The Bertz CT molecular complexity index is 786. The molecule has 2 aromatic rings. The van der Waals surface area contributed by atoms with E-state index in [1.165, 1.54) is 0 Å². The predicted octanol–water partition coefficient (Wildman–Crippen LogP) is 3.38. The zero-order valence-corrected chi connectivity index (χ0v) is 13.8. The van der Waals surface area contributed by atoms with Gasteiger partial charge in [0, 0.05) is 29.9 Å². The van der Waals surface area contributed by atoms with Crippen LogP contribution >= 0.6 is 0 Å². The van der Waals surface area contributed by atoms with Crippen LogP contribution in [-0.2, 0) is 4.79 Å². The smallest absolute Gasteiger partial charge is 0.255 e. The number of nitrogens with zero attached hydrogens (tertiary/aromatic N) is 1. The summed E-state index contributed by atoms with van der Waals surface area (Å²) in [6.07, 6.45) is 1.50. The van der Waals surface area contributed by atoms with Crippen LogP contribution in [0.25, 0.3) is 0 Å². The molecule has 5 nitrogen and oxygen atoms in total. The second kappa shape index (κ2) is 6.74. The van der Waals surface area contributed by atoms with Crippen LogP contribution in [0.15, 0.2) is 42.5 Å². The Morgan fingerprint density at radius 3 is 2.71 bits per heavy atom. The lowest BCUT2D eigenvalue weighted by Crippen LogP contribution is -2.24. The minimum Gasteiger partial charge on any atom is -0.497 e. The number of benzene rings is 2. The highest BCUT2D eigenvalue weighted by atomic mass is 16.5. The largest absolute Gasteiger partial charge is 0.497 e. The Balaban J connectivity index is 1.77. The summed E-state index contributed by atoms with van der Waals surface area (Å²) in [6.45, 7) is 2.71. The molecule has 1 saturated heterocycles. The van der Waals surface area contributed by atoms with Crippen LogP contribution in [0.1, 0.15) is 28.8 Å². The molecule has 5 heteroatoms. The normalized spacial score (nSPS) is 13.9. The number of carbonyl (C=O) groups is 2. The van der Waals surface area contributed by atoms with Crippen molar-refractivity contribution in [3.63, 3.8) is 0 Å². The summed E-state index contributed by atoms with van der Waals surface area (Å²) in [4.78, 5) is 26.0. The van der Waals surface area contributed by atoms with E-state index < -0.39 is 0 Å². The maximum atomic E-state index is 12.4. The first-order chi connectivity index (χ1) is 11.6. The van der Waals surface area contributed by atoms with E-state index in [0.717, 1.165) is 24.2 Å². The molecule has 1 N–H and O–H groups in total. The number of anilines is 2. The molecule has 0 spiro atoms. The first-order valence-electron chi connectivity index (χ1n) is 7.95. The van der Waals surface area contributed by atoms with Gasteiger partial charge in [-0.2, -0.15) is 0 Å². The van der Waals surface area contributed by atoms with E-state index in [2.05, 4.69) is 5.32 Å². The number of carbonyl (C=O) groups excluding carboxylic acids is 2. The molecule has 2 amide bonds. The summed E-state index contributed by atoms with van der Waals surface area (Å²) in [6, 6.07) is 12.6. The summed E-state index contributed by atoms with van der Waals surface area (Å²) in [7, 11) is 1.57. The van der Waals surface area contributed by atoms with E-state index in [4.69, 9.17) is 4.74 Å². The molecule has 1 heterocycles. The van der Waals surface area contributed by atoms with E-state index in [9.17, 15) is 9.59 Å².